The van der Waals surface area contributed by atoms with Crippen LogP contribution >= 0.6 is 11.8 Å². The lowest BCUT2D eigenvalue weighted by Gasteiger charge is -2.11. The van der Waals surface area contributed by atoms with Gasteiger partial charge in [0.2, 0.25) is 0 Å². The molecule has 2 heterocycles. The molecule has 5 rings (SSSR count). The zero-order valence-electron chi connectivity index (χ0n) is 17.7. The van der Waals surface area contributed by atoms with Crippen molar-refractivity contribution in [3.05, 3.63) is 84.9 Å². The summed E-state index contributed by atoms with van der Waals surface area (Å²) >= 11 is 1.59. The summed E-state index contributed by atoms with van der Waals surface area (Å²) in [6.45, 7) is 0. The van der Waals surface area contributed by atoms with Crippen molar-refractivity contribution in [1.82, 2.24) is 24.3 Å². The summed E-state index contributed by atoms with van der Waals surface area (Å²) < 4.78 is 14.8. The van der Waals surface area contributed by atoms with Crippen LogP contribution in [0.25, 0.3) is 22.4 Å². The Labute approximate surface area is 189 Å². The van der Waals surface area contributed by atoms with Crippen LogP contribution < -0.4 is 9.47 Å². The fourth-order valence-electron chi connectivity index (χ4n) is 3.58. The molecule has 8 heteroatoms. The van der Waals surface area contributed by atoms with E-state index < -0.39 is 0 Å². The average Bonchev–Trinajstić information content (AvgIpc) is 3.47. The summed E-state index contributed by atoms with van der Waals surface area (Å²) in [6.07, 6.45) is 1.71. The van der Waals surface area contributed by atoms with Gasteiger partial charge in [0.15, 0.2) is 5.16 Å². The molecular weight excluding hydrogens is 422 g/mol. The molecule has 0 aliphatic heterocycles. The maximum absolute atomic E-state index is 5.35. The molecule has 7 nitrogen and oxygen atoms in total. The molecule has 0 radical (unpaired) electrons. The molecule has 160 valence electrons. The zero-order chi connectivity index (χ0) is 21.9. The summed E-state index contributed by atoms with van der Waals surface area (Å²) in [5.41, 5.74) is 3.99. The number of hydrogen-bond donors (Lipinski definition) is 0. The number of para-hydroxylation sites is 2. The van der Waals surface area contributed by atoms with Crippen LogP contribution in [-0.4, -0.2) is 38.5 Å². The molecule has 0 unspecified atom stereocenters. The van der Waals surface area contributed by atoms with Gasteiger partial charge in [0.05, 0.1) is 36.7 Å². The van der Waals surface area contributed by atoms with E-state index in [0.29, 0.717) is 5.75 Å². The molecule has 5 aromatic rings. The van der Waals surface area contributed by atoms with Crippen LogP contribution in [0, 0.1) is 0 Å². The SMILES string of the molecule is COc1ccc(-n2c(CSc3nncn3-c3cccc(OC)c3)nc3ccccc32)cc1. The molecule has 0 aliphatic carbocycles. The molecular formula is C24H21N5O2S. The highest BCUT2D eigenvalue weighted by molar-refractivity contribution is 7.98. The van der Waals surface area contributed by atoms with Gasteiger partial charge in [-0.2, -0.15) is 0 Å². The van der Waals surface area contributed by atoms with Crippen LogP contribution in [0.2, 0.25) is 0 Å². The number of hydrogen-bond acceptors (Lipinski definition) is 6. The Morgan fingerprint density at radius 2 is 1.66 bits per heavy atom. The van der Waals surface area contributed by atoms with Crippen molar-refractivity contribution in [2.24, 2.45) is 0 Å². The smallest absolute Gasteiger partial charge is 0.196 e. The van der Waals surface area contributed by atoms with Crippen molar-refractivity contribution in [1.29, 1.82) is 0 Å². The van der Waals surface area contributed by atoms with Crippen LogP contribution in [0.1, 0.15) is 5.82 Å². The summed E-state index contributed by atoms with van der Waals surface area (Å²) in [6, 6.07) is 24.0. The van der Waals surface area contributed by atoms with E-state index in [-0.39, 0.29) is 0 Å². The number of rotatable bonds is 7. The first-order valence-electron chi connectivity index (χ1n) is 10.0. The van der Waals surface area contributed by atoms with Gasteiger partial charge in [-0.3, -0.25) is 9.13 Å². The highest BCUT2D eigenvalue weighted by Crippen LogP contribution is 2.29. The molecule has 0 spiro atoms. The standard InChI is InChI=1S/C24H21N5O2S/c1-30-19-12-10-17(11-13-19)29-22-9-4-3-8-21(22)26-23(29)15-32-24-27-25-16-28(24)18-6-5-7-20(14-18)31-2/h3-14,16H,15H2,1-2H3. The minimum Gasteiger partial charge on any atom is -0.497 e. The average molecular weight is 444 g/mol. The number of aromatic nitrogens is 5. The quantitative estimate of drug-likeness (QED) is 0.333. The summed E-state index contributed by atoms with van der Waals surface area (Å²) in [5, 5.41) is 9.23. The minimum absolute atomic E-state index is 0.628. The third-order valence-corrected chi connectivity index (χ3v) is 6.08. The topological polar surface area (TPSA) is 67.0 Å². The molecule has 0 atom stereocenters. The van der Waals surface area contributed by atoms with Crippen LogP contribution in [-0.2, 0) is 5.75 Å². The van der Waals surface area contributed by atoms with Crippen molar-refractivity contribution in [3.63, 3.8) is 0 Å². The molecule has 0 fully saturated rings. The van der Waals surface area contributed by atoms with Crippen molar-refractivity contribution < 1.29 is 9.47 Å². The van der Waals surface area contributed by atoms with E-state index >= 15 is 0 Å². The van der Waals surface area contributed by atoms with E-state index in [4.69, 9.17) is 14.5 Å². The van der Waals surface area contributed by atoms with E-state index in [0.717, 1.165) is 44.9 Å². The third-order valence-electron chi connectivity index (χ3n) is 5.14. The number of methoxy groups -OCH3 is 2. The predicted octanol–water partition coefficient (Wildman–Crippen LogP) is 4.92. The highest BCUT2D eigenvalue weighted by atomic mass is 32.2. The van der Waals surface area contributed by atoms with Gasteiger partial charge in [-0.25, -0.2) is 4.98 Å². The predicted molar refractivity (Wildman–Crippen MR) is 125 cm³/mol. The maximum atomic E-state index is 5.35. The molecule has 0 amide bonds. The lowest BCUT2D eigenvalue weighted by Crippen LogP contribution is -2.01. The number of nitrogens with zero attached hydrogens (tertiary/aromatic N) is 5. The molecule has 2 aromatic heterocycles. The van der Waals surface area contributed by atoms with Gasteiger partial charge in [-0.05, 0) is 48.5 Å². The molecule has 32 heavy (non-hydrogen) atoms. The number of ether oxygens (including phenoxy) is 2. The Hall–Kier alpha value is -3.78. The number of fused-ring (bicyclic) bond motifs is 1. The van der Waals surface area contributed by atoms with Crippen molar-refractivity contribution >= 4 is 22.8 Å². The van der Waals surface area contributed by atoms with Gasteiger partial charge in [0, 0.05) is 11.8 Å². The van der Waals surface area contributed by atoms with E-state index in [1.54, 1.807) is 32.3 Å². The molecule has 0 N–H and O–H groups in total. The van der Waals surface area contributed by atoms with Crippen LogP contribution in [0.3, 0.4) is 0 Å². The minimum atomic E-state index is 0.628. The molecule has 0 saturated heterocycles. The van der Waals surface area contributed by atoms with Crippen molar-refractivity contribution in [3.8, 4) is 22.9 Å². The molecule has 0 aliphatic rings. The Balaban J connectivity index is 1.49. The molecule has 0 bridgehead atoms. The third kappa shape index (κ3) is 3.80. The van der Waals surface area contributed by atoms with Gasteiger partial charge in [-0.15, -0.1) is 10.2 Å². The summed E-state index contributed by atoms with van der Waals surface area (Å²) in [4.78, 5) is 4.89. The second-order valence-corrected chi connectivity index (χ2v) is 7.97. The second kappa shape index (κ2) is 8.76. The monoisotopic (exact) mass is 443 g/mol. The first kappa shape index (κ1) is 20.1. The lowest BCUT2D eigenvalue weighted by molar-refractivity contribution is 0.414. The van der Waals surface area contributed by atoms with Crippen molar-refractivity contribution in [2.45, 2.75) is 10.9 Å². The van der Waals surface area contributed by atoms with Crippen LogP contribution in [0.4, 0.5) is 0 Å². The zero-order valence-corrected chi connectivity index (χ0v) is 18.5. The van der Waals surface area contributed by atoms with Crippen LogP contribution in [0.5, 0.6) is 11.5 Å². The highest BCUT2D eigenvalue weighted by Gasteiger charge is 2.15. The molecule has 0 saturated carbocycles. The summed E-state index contributed by atoms with van der Waals surface area (Å²) in [7, 11) is 3.33. The number of benzene rings is 3. The van der Waals surface area contributed by atoms with E-state index in [2.05, 4.69) is 20.8 Å². The van der Waals surface area contributed by atoms with Gasteiger partial charge >= 0.3 is 0 Å². The van der Waals surface area contributed by atoms with Gasteiger partial charge < -0.3 is 9.47 Å². The number of thioether (sulfide) groups is 1. The second-order valence-electron chi connectivity index (χ2n) is 7.02. The Morgan fingerprint density at radius 1 is 0.844 bits per heavy atom. The Bertz CT molecular complexity index is 1360. The van der Waals surface area contributed by atoms with E-state index in [1.165, 1.54) is 0 Å². The summed E-state index contributed by atoms with van der Waals surface area (Å²) in [5.74, 6) is 3.17. The van der Waals surface area contributed by atoms with Crippen molar-refractivity contribution in [2.75, 3.05) is 14.2 Å². The largest absolute Gasteiger partial charge is 0.497 e. The van der Waals surface area contributed by atoms with Gasteiger partial charge in [0.25, 0.3) is 0 Å². The normalized spacial score (nSPS) is 11.1. The van der Waals surface area contributed by atoms with E-state index in [1.807, 2.05) is 71.3 Å². The van der Waals surface area contributed by atoms with Crippen LogP contribution in [0.15, 0.2) is 84.3 Å². The fourth-order valence-corrected chi connectivity index (χ4v) is 4.43. The Morgan fingerprint density at radius 3 is 2.47 bits per heavy atom. The lowest BCUT2D eigenvalue weighted by atomic mass is 10.2. The van der Waals surface area contributed by atoms with Gasteiger partial charge in [-0.1, -0.05) is 30.0 Å². The number of imidazole rings is 1. The van der Waals surface area contributed by atoms with E-state index in [9.17, 15) is 0 Å². The Kier molecular flexibility index (Phi) is 5.51. The fraction of sp³-hybridized carbons (Fsp3) is 0.125. The molecule has 3 aromatic carbocycles. The maximum Gasteiger partial charge on any atom is 0.196 e. The first-order chi connectivity index (χ1) is 15.8. The van der Waals surface area contributed by atoms with Gasteiger partial charge in [0.1, 0.15) is 23.7 Å². The first-order valence-corrected chi connectivity index (χ1v) is 11.0.